The van der Waals surface area contributed by atoms with Crippen LogP contribution in [0.3, 0.4) is 0 Å². The van der Waals surface area contributed by atoms with Crippen LogP contribution in [0.2, 0.25) is 5.02 Å². The fourth-order valence-electron chi connectivity index (χ4n) is 0.816. The summed E-state index contributed by atoms with van der Waals surface area (Å²) in [5.41, 5.74) is 5.05. The van der Waals surface area contributed by atoms with E-state index in [1.165, 1.54) is 0 Å². The van der Waals surface area contributed by atoms with E-state index in [-0.39, 0.29) is 0 Å². The molecule has 1 atom stereocenters. The third kappa shape index (κ3) is 2.89. The highest BCUT2D eigenvalue weighted by molar-refractivity contribution is 9.10. The Balaban J connectivity index is 2.85. The van der Waals surface area contributed by atoms with E-state index in [9.17, 15) is 4.79 Å². The normalized spacial score (nSPS) is 12.2. The molecule has 1 unspecified atom stereocenters. The van der Waals surface area contributed by atoms with Crippen molar-refractivity contribution in [3.05, 3.63) is 27.7 Å². The van der Waals surface area contributed by atoms with Crippen molar-refractivity contribution in [1.29, 1.82) is 0 Å². The van der Waals surface area contributed by atoms with Crippen molar-refractivity contribution >= 4 is 33.4 Å². The molecule has 1 amide bonds. The van der Waals surface area contributed by atoms with Crippen LogP contribution < -0.4 is 10.5 Å². The highest BCUT2D eigenvalue weighted by atomic mass is 79.9. The van der Waals surface area contributed by atoms with E-state index in [2.05, 4.69) is 15.9 Å². The third-order valence-electron chi connectivity index (χ3n) is 1.60. The quantitative estimate of drug-likeness (QED) is 0.923. The van der Waals surface area contributed by atoms with Crippen LogP contribution >= 0.6 is 27.5 Å². The van der Waals surface area contributed by atoms with Gasteiger partial charge in [0, 0.05) is 4.47 Å². The summed E-state index contributed by atoms with van der Waals surface area (Å²) in [5.74, 6) is -0.0895. The molecule has 0 bridgehead atoms. The second-order valence-electron chi connectivity index (χ2n) is 2.74. The summed E-state index contributed by atoms with van der Waals surface area (Å²) < 4.78 is 6.08. The molecule has 0 aliphatic heterocycles. The zero-order valence-corrected chi connectivity index (χ0v) is 9.80. The molecule has 0 heterocycles. The molecule has 0 aromatic heterocycles. The Bertz CT molecular complexity index is 357. The van der Waals surface area contributed by atoms with Crippen LogP contribution in [0.5, 0.6) is 5.75 Å². The van der Waals surface area contributed by atoms with Crippen molar-refractivity contribution in [1.82, 2.24) is 0 Å². The van der Waals surface area contributed by atoms with Crippen molar-refractivity contribution in [3.63, 3.8) is 0 Å². The van der Waals surface area contributed by atoms with Gasteiger partial charge in [-0.1, -0.05) is 27.5 Å². The second-order valence-corrected chi connectivity index (χ2v) is 4.06. The van der Waals surface area contributed by atoms with E-state index in [1.807, 2.05) is 0 Å². The number of ether oxygens (including phenoxy) is 1. The number of amides is 1. The lowest BCUT2D eigenvalue weighted by Gasteiger charge is -2.12. The summed E-state index contributed by atoms with van der Waals surface area (Å²) in [4.78, 5) is 10.7. The maximum Gasteiger partial charge on any atom is 0.258 e. The fraction of sp³-hybridized carbons (Fsp3) is 0.222. The van der Waals surface area contributed by atoms with Gasteiger partial charge in [-0.05, 0) is 25.1 Å². The minimum absolute atomic E-state index is 0.437. The van der Waals surface area contributed by atoms with Gasteiger partial charge in [0.15, 0.2) is 6.10 Å². The molecule has 1 aromatic carbocycles. The average Bonchev–Trinajstić information content (AvgIpc) is 2.11. The van der Waals surface area contributed by atoms with E-state index < -0.39 is 12.0 Å². The van der Waals surface area contributed by atoms with Crippen LogP contribution in [0, 0.1) is 0 Å². The highest BCUT2D eigenvalue weighted by Crippen LogP contribution is 2.28. The number of nitrogens with two attached hydrogens (primary N) is 1. The van der Waals surface area contributed by atoms with Crippen LogP contribution in [-0.4, -0.2) is 12.0 Å². The standard InChI is InChI=1S/C9H9BrClNO2/c1-5(9(12)13)14-8-4-6(10)2-3-7(8)11/h2-5H,1H3,(H2,12,13). The fourth-order valence-corrected chi connectivity index (χ4v) is 1.32. The zero-order chi connectivity index (χ0) is 10.7. The molecule has 0 saturated heterocycles. The van der Waals surface area contributed by atoms with Crippen molar-refractivity contribution in [3.8, 4) is 5.75 Å². The molecule has 2 N–H and O–H groups in total. The molecule has 0 fully saturated rings. The molecule has 1 rings (SSSR count). The Morgan fingerprint density at radius 1 is 1.64 bits per heavy atom. The first kappa shape index (κ1) is 11.3. The molecule has 0 spiro atoms. The Hall–Kier alpha value is -0.740. The van der Waals surface area contributed by atoms with Crippen molar-refractivity contribution < 1.29 is 9.53 Å². The number of primary amides is 1. The van der Waals surface area contributed by atoms with Gasteiger partial charge in [0.25, 0.3) is 5.91 Å². The lowest BCUT2D eigenvalue weighted by molar-refractivity contribution is -0.123. The molecule has 76 valence electrons. The van der Waals surface area contributed by atoms with Gasteiger partial charge in [-0.3, -0.25) is 4.79 Å². The first-order valence-corrected chi connectivity index (χ1v) is 5.09. The molecular formula is C9H9BrClNO2. The van der Waals surface area contributed by atoms with Crippen LogP contribution in [0.15, 0.2) is 22.7 Å². The lowest BCUT2D eigenvalue weighted by atomic mass is 10.3. The van der Waals surface area contributed by atoms with E-state index >= 15 is 0 Å². The van der Waals surface area contributed by atoms with Crippen molar-refractivity contribution in [2.45, 2.75) is 13.0 Å². The topological polar surface area (TPSA) is 52.3 Å². The largest absolute Gasteiger partial charge is 0.479 e. The van der Waals surface area contributed by atoms with E-state index in [4.69, 9.17) is 22.1 Å². The molecular weight excluding hydrogens is 269 g/mol. The average molecular weight is 279 g/mol. The van der Waals surface area contributed by atoms with E-state index in [1.54, 1.807) is 25.1 Å². The molecule has 5 heteroatoms. The smallest absolute Gasteiger partial charge is 0.258 e. The van der Waals surface area contributed by atoms with Crippen molar-refractivity contribution in [2.75, 3.05) is 0 Å². The van der Waals surface area contributed by atoms with Gasteiger partial charge in [0.2, 0.25) is 0 Å². The predicted molar refractivity (Wildman–Crippen MR) is 58.4 cm³/mol. The summed E-state index contributed by atoms with van der Waals surface area (Å²) >= 11 is 9.12. The maximum atomic E-state index is 10.7. The van der Waals surface area contributed by atoms with Gasteiger partial charge in [-0.2, -0.15) is 0 Å². The van der Waals surface area contributed by atoms with Crippen LogP contribution in [0.4, 0.5) is 0 Å². The summed E-state index contributed by atoms with van der Waals surface area (Å²) in [6.45, 7) is 1.57. The number of hydrogen-bond acceptors (Lipinski definition) is 2. The minimum Gasteiger partial charge on any atom is -0.479 e. The van der Waals surface area contributed by atoms with Gasteiger partial charge in [-0.15, -0.1) is 0 Å². The maximum absolute atomic E-state index is 10.7. The molecule has 0 aliphatic carbocycles. The molecule has 0 aliphatic rings. The molecule has 1 aromatic rings. The Morgan fingerprint density at radius 3 is 2.86 bits per heavy atom. The zero-order valence-electron chi connectivity index (χ0n) is 7.46. The molecule has 0 saturated carbocycles. The van der Waals surface area contributed by atoms with E-state index in [0.29, 0.717) is 10.8 Å². The van der Waals surface area contributed by atoms with Gasteiger partial charge < -0.3 is 10.5 Å². The Labute approximate surface area is 95.3 Å². The Morgan fingerprint density at radius 2 is 2.29 bits per heavy atom. The number of hydrogen-bond donors (Lipinski definition) is 1. The van der Waals surface area contributed by atoms with Gasteiger partial charge >= 0.3 is 0 Å². The summed E-state index contributed by atoms with van der Waals surface area (Å²) in [6, 6.07) is 5.14. The Kier molecular flexibility index (Phi) is 3.77. The number of rotatable bonds is 3. The summed E-state index contributed by atoms with van der Waals surface area (Å²) in [6.07, 6.45) is -0.693. The van der Waals surface area contributed by atoms with E-state index in [0.717, 1.165) is 4.47 Å². The monoisotopic (exact) mass is 277 g/mol. The number of benzene rings is 1. The lowest BCUT2D eigenvalue weighted by Crippen LogP contribution is -2.30. The first-order valence-electron chi connectivity index (χ1n) is 3.91. The predicted octanol–water partition coefficient (Wildman–Crippen LogP) is 2.36. The van der Waals surface area contributed by atoms with Crippen LogP contribution in [0.1, 0.15) is 6.92 Å². The highest BCUT2D eigenvalue weighted by Gasteiger charge is 2.12. The molecule has 0 radical (unpaired) electrons. The van der Waals surface area contributed by atoms with Gasteiger partial charge in [-0.25, -0.2) is 0 Å². The number of carbonyl (C=O) groups excluding carboxylic acids is 1. The number of carbonyl (C=O) groups is 1. The first-order chi connectivity index (χ1) is 6.50. The minimum atomic E-state index is -0.693. The van der Waals surface area contributed by atoms with Gasteiger partial charge in [0.1, 0.15) is 5.75 Å². The summed E-state index contributed by atoms with van der Waals surface area (Å²) in [7, 11) is 0. The van der Waals surface area contributed by atoms with Gasteiger partial charge in [0.05, 0.1) is 5.02 Å². The third-order valence-corrected chi connectivity index (χ3v) is 2.40. The van der Waals surface area contributed by atoms with Crippen molar-refractivity contribution in [2.24, 2.45) is 5.73 Å². The van der Waals surface area contributed by atoms with Crippen LogP contribution in [-0.2, 0) is 4.79 Å². The molecule has 14 heavy (non-hydrogen) atoms. The SMILES string of the molecule is CC(Oc1cc(Br)ccc1Cl)C(N)=O. The second kappa shape index (κ2) is 4.66. The van der Waals surface area contributed by atoms with Crippen LogP contribution in [0.25, 0.3) is 0 Å². The summed E-state index contributed by atoms with van der Waals surface area (Å²) in [5, 5.41) is 0.446. The number of halogens is 2. The molecule has 3 nitrogen and oxygen atoms in total.